The maximum atomic E-state index is 14.8. The standard InChI is InChI=1S/C25H20F2N6OS2/c26-19-12-13-21(27)20(16-19)23-31-33(24(35)30-22(34)17-8-3-1-4-9-17)25(36-23,14-7-15-29-32-28)18-10-5-2-6-11-18/h1-6,8-13,16H,7,14-15H2,(H,30,34,35). The number of nitrogens with zero attached hydrogens (tertiary/aromatic N) is 5. The summed E-state index contributed by atoms with van der Waals surface area (Å²) in [5, 5.41) is 12.6. The number of thioether (sulfide) groups is 1. The highest BCUT2D eigenvalue weighted by molar-refractivity contribution is 8.15. The summed E-state index contributed by atoms with van der Waals surface area (Å²) < 4.78 is 28.8. The van der Waals surface area contributed by atoms with Crippen molar-refractivity contribution in [2.45, 2.75) is 17.7 Å². The minimum Gasteiger partial charge on any atom is -0.297 e. The van der Waals surface area contributed by atoms with Gasteiger partial charge in [0, 0.05) is 22.6 Å². The maximum absolute atomic E-state index is 14.8. The van der Waals surface area contributed by atoms with Crippen molar-refractivity contribution in [2.24, 2.45) is 10.2 Å². The predicted octanol–water partition coefficient (Wildman–Crippen LogP) is 6.33. The first-order valence-electron chi connectivity index (χ1n) is 10.9. The van der Waals surface area contributed by atoms with E-state index in [0.717, 1.165) is 23.8 Å². The lowest BCUT2D eigenvalue weighted by atomic mass is 10.0. The fourth-order valence-corrected chi connectivity index (χ4v) is 5.58. The second kappa shape index (κ2) is 11.3. The number of azide groups is 1. The third-order valence-corrected chi connectivity index (χ3v) is 7.19. The third-order valence-electron chi connectivity index (χ3n) is 5.47. The highest BCUT2D eigenvalue weighted by atomic mass is 32.2. The van der Waals surface area contributed by atoms with Gasteiger partial charge in [-0.3, -0.25) is 10.1 Å². The maximum Gasteiger partial charge on any atom is 0.257 e. The molecule has 0 fully saturated rings. The number of halogens is 2. The van der Waals surface area contributed by atoms with Crippen LogP contribution in [0.25, 0.3) is 10.4 Å². The Labute approximate surface area is 215 Å². The second-order valence-electron chi connectivity index (χ2n) is 7.78. The van der Waals surface area contributed by atoms with Crippen molar-refractivity contribution in [1.82, 2.24) is 10.3 Å². The van der Waals surface area contributed by atoms with E-state index in [0.29, 0.717) is 18.4 Å². The summed E-state index contributed by atoms with van der Waals surface area (Å²) in [4.78, 5) is 14.7. The molecular weight excluding hydrogens is 502 g/mol. The molecule has 0 saturated carbocycles. The number of nitrogens with one attached hydrogen (secondary N) is 1. The number of benzene rings is 3. The molecule has 0 spiro atoms. The highest BCUT2D eigenvalue weighted by Gasteiger charge is 2.47. The molecule has 182 valence electrons. The minimum absolute atomic E-state index is 0.00389. The number of carbonyl (C=O) groups excluding carboxylic acids is 1. The van der Waals surface area contributed by atoms with Gasteiger partial charge < -0.3 is 0 Å². The van der Waals surface area contributed by atoms with E-state index in [4.69, 9.17) is 17.7 Å². The summed E-state index contributed by atoms with van der Waals surface area (Å²) in [6.45, 7) is 0.215. The molecule has 0 saturated heterocycles. The fraction of sp³-hybridized carbons (Fsp3) is 0.160. The van der Waals surface area contributed by atoms with Crippen LogP contribution < -0.4 is 5.32 Å². The molecule has 0 aromatic heterocycles. The van der Waals surface area contributed by atoms with Crippen molar-refractivity contribution in [3.8, 4) is 0 Å². The van der Waals surface area contributed by atoms with E-state index >= 15 is 0 Å². The zero-order valence-electron chi connectivity index (χ0n) is 18.8. The van der Waals surface area contributed by atoms with Gasteiger partial charge in [-0.2, -0.15) is 5.10 Å². The Balaban J connectivity index is 1.77. The van der Waals surface area contributed by atoms with Crippen LogP contribution in [-0.4, -0.2) is 27.6 Å². The fourth-order valence-electron chi connectivity index (χ4n) is 3.80. The molecule has 11 heteroatoms. The summed E-state index contributed by atoms with van der Waals surface area (Å²) in [7, 11) is 0. The van der Waals surface area contributed by atoms with Gasteiger partial charge in [-0.05, 0) is 66.5 Å². The number of hydrogen-bond acceptors (Lipinski definition) is 5. The van der Waals surface area contributed by atoms with E-state index in [-0.39, 0.29) is 22.3 Å². The van der Waals surface area contributed by atoms with Crippen LogP contribution in [0.4, 0.5) is 8.78 Å². The van der Waals surface area contributed by atoms with Crippen LogP contribution in [0, 0.1) is 11.6 Å². The predicted molar refractivity (Wildman–Crippen MR) is 140 cm³/mol. The summed E-state index contributed by atoms with van der Waals surface area (Å²) in [6, 6.07) is 21.0. The third kappa shape index (κ3) is 5.38. The van der Waals surface area contributed by atoms with Gasteiger partial charge in [-0.15, -0.1) is 0 Å². The van der Waals surface area contributed by atoms with Crippen LogP contribution >= 0.6 is 24.0 Å². The molecule has 1 heterocycles. The van der Waals surface area contributed by atoms with Gasteiger partial charge in [-0.25, -0.2) is 13.8 Å². The van der Waals surface area contributed by atoms with Gasteiger partial charge in [0.25, 0.3) is 5.91 Å². The Morgan fingerprint density at radius 2 is 1.81 bits per heavy atom. The van der Waals surface area contributed by atoms with Gasteiger partial charge in [0.2, 0.25) is 0 Å². The number of amides is 1. The zero-order chi connectivity index (χ0) is 25.5. The monoisotopic (exact) mass is 522 g/mol. The normalized spacial score (nSPS) is 16.7. The van der Waals surface area contributed by atoms with Crippen molar-refractivity contribution in [3.63, 3.8) is 0 Å². The van der Waals surface area contributed by atoms with Crippen LogP contribution in [0.5, 0.6) is 0 Å². The van der Waals surface area contributed by atoms with Gasteiger partial charge in [0.05, 0.1) is 0 Å². The van der Waals surface area contributed by atoms with Crippen molar-refractivity contribution in [1.29, 1.82) is 0 Å². The van der Waals surface area contributed by atoms with Crippen LogP contribution in [0.1, 0.15) is 34.3 Å². The molecule has 1 unspecified atom stereocenters. The Bertz CT molecular complexity index is 1350. The van der Waals surface area contributed by atoms with Crippen molar-refractivity contribution >= 4 is 40.0 Å². The van der Waals surface area contributed by atoms with E-state index in [2.05, 4.69) is 20.4 Å². The van der Waals surface area contributed by atoms with Crippen LogP contribution in [-0.2, 0) is 4.87 Å². The summed E-state index contributed by atoms with van der Waals surface area (Å²) in [6.07, 6.45) is 0.831. The molecule has 1 amide bonds. The molecule has 1 N–H and O–H groups in total. The first-order valence-corrected chi connectivity index (χ1v) is 12.2. The quantitative estimate of drug-likeness (QED) is 0.129. The van der Waals surface area contributed by atoms with E-state index in [9.17, 15) is 13.6 Å². The topological polar surface area (TPSA) is 93.5 Å². The number of rotatable bonds is 7. The van der Waals surface area contributed by atoms with Crippen LogP contribution in [0.15, 0.2) is 89.1 Å². The van der Waals surface area contributed by atoms with Crippen molar-refractivity contribution in [2.75, 3.05) is 6.54 Å². The van der Waals surface area contributed by atoms with E-state index in [1.54, 1.807) is 30.3 Å². The van der Waals surface area contributed by atoms with Gasteiger partial charge in [-0.1, -0.05) is 65.4 Å². The van der Waals surface area contributed by atoms with Crippen LogP contribution in [0.2, 0.25) is 0 Å². The summed E-state index contributed by atoms with van der Waals surface area (Å²) >= 11 is 6.83. The van der Waals surface area contributed by atoms with Gasteiger partial charge in [0.1, 0.15) is 21.5 Å². The van der Waals surface area contributed by atoms with E-state index < -0.39 is 22.4 Å². The zero-order valence-corrected chi connectivity index (χ0v) is 20.5. The van der Waals surface area contributed by atoms with E-state index in [1.807, 2.05) is 30.3 Å². The number of hydrazone groups is 1. The second-order valence-corrected chi connectivity index (χ2v) is 9.43. The Morgan fingerprint density at radius 1 is 1.11 bits per heavy atom. The molecule has 1 atom stereocenters. The smallest absolute Gasteiger partial charge is 0.257 e. The van der Waals surface area contributed by atoms with Crippen molar-refractivity contribution < 1.29 is 13.6 Å². The van der Waals surface area contributed by atoms with Gasteiger partial charge >= 0.3 is 0 Å². The lowest BCUT2D eigenvalue weighted by Gasteiger charge is -2.37. The lowest BCUT2D eigenvalue weighted by molar-refractivity contribution is 0.0970. The first kappa shape index (κ1) is 25.3. The Kier molecular flexibility index (Phi) is 7.94. The van der Waals surface area contributed by atoms with Crippen LogP contribution in [0.3, 0.4) is 0 Å². The summed E-state index contributed by atoms with van der Waals surface area (Å²) in [5.41, 5.74) is 9.87. The largest absolute Gasteiger partial charge is 0.297 e. The molecule has 0 bridgehead atoms. The molecule has 7 nitrogen and oxygen atoms in total. The molecule has 3 aromatic rings. The summed E-state index contributed by atoms with van der Waals surface area (Å²) in [5.74, 6) is -1.68. The number of thiocarbonyl (C=S) groups is 1. The Morgan fingerprint density at radius 3 is 2.50 bits per heavy atom. The molecule has 1 aliphatic heterocycles. The molecule has 3 aromatic carbocycles. The molecule has 36 heavy (non-hydrogen) atoms. The number of carbonyl (C=O) groups is 1. The van der Waals surface area contributed by atoms with Crippen molar-refractivity contribution in [3.05, 3.63) is 118 Å². The molecular formula is C25H20F2N6OS2. The average Bonchev–Trinajstić information content (AvgIpc) is 3.30. The SMILES string of the molecule is [N-]=[N+]=NCCCC1(c2ccccc2)SC(c2cc(F)ccc2F)=NN1C(=S)NC(=O)c1ccccc1. The number of hydrogen-bond donors (Lipinski definition) is 1. The van der Waals surface area contributed by atoms with E-state index in [1.165, 1.54) is 16.8 Å². The molecule has 0 aliphatic carbocycles. The average molecular weight is 523 g/mol. The highest BCUT2D eigenvalue weighted by Crippen LogP contribution is 2.50. The molecule has 0 radical (unpaired) electrons. The minimum atomic E-state index is -1.01. The molecule has 4 rings (SSSR count). The van der Waals surface area contributed by atoms with Gasteiger partial charge in [0.15, 0.2) is 5.11 Å². The lowest BCUT2D eigenvalue weighted by Crippen LogP contribution is -2.48. The Hall–Kier alpha value is -3.79. The molecule has 1 aliphatic rings. The first-order chi connectivity index (χ1) is 17.4.